The third-order valence-electron chi connectivity index (χ3n) is 3.64. The zero-order valence-electron chi connectivity index (χ0n) is 12.6. The van der Waals surface area contributed by atoms with E-state index >= 15 is 0 Å². The zero-order valence-corrected chi connectivity index (χ0v) is 14.2. The molecule has 0 atom stereocenters. The first kappa shape index (κ1) is 15.9. The number of methoxy groups -OCH3 is 3. The number of hydrogen-bond acceptors (Lipinski definition) is 4. The Kier molecular flexibility index (Phi) is 5.33. The van der Waals surface area contributed by atoms with Crippen LogP contribution in [0.25, 0.3) is 0 Å². The Balaban J connectivity index is 2.45. The molecule has 6 heteroatoms. The molecule has 1 aliphatic rings. The molecule has 0 spiro atoms. The number of halogens is 1. The van der Waals surface area contributed by atoms with Gasteiger partial charge in [0.25, 0.3) is 5.91 Å². The van der Waals surface area contributed by atoms with Crippen molar-refractivity contribution in [3.63, 3.8) is 0 Å². The van der Waals surface area contributed by atoms with Crippen LogP contribution in [0.1, 0.15) is 29.6 Å². The molecule has 0 unspecified atom stereocenters. The Morgan fingerprint density at radius 2 is 1.67 bits per heavy atom. The van der Waals surface area contributed by atoms with Gasteiger partial charge in [0.2, 0.25) is 5.75 Å². The smallest absolute Gasteiger partial charge is 0.255 e. The number of likely N-dealkylation sites (tertiary alicyclic amines) is 1. The summed E-state index contributed by atoms with van der Waals surface area (Å²) in [6.07, 6.45) is 3.28. The van der Waals surface area contributed by atoms with Gasteiger partial charge in [-0.1, -0.05) is 0 Å². The molecule has 1 aromatic carbocycles. The van der Waals surface area contributed by atoms with Gasteiger partial charge in [-0.3, -0.25) is 4.79 Å². The summed E-state index contributed by atoms with van der Waals surface area (Å²) in [5.41, 5.74) is 0.534. The van der Waals surface area contributed by atoms with Crippen molar-refractivity contribution in [3.05, 3.63) is 16.1 Å². The first-order valence-corrected chi connectivity index (χ1v) is 7.71. The minimum atomic E-state index is -0.0131. The zero-order chi connectivity index (χ0) is 15.4. The van der Waals surface area contributed by atoms with Crippen molar-refractivity contribution >= 4 is 21.8 Å². The summed E-state index contributed by atoms with van der Waals surface area (Å²) in [5.74, 6) is 1.41. The lowest BCUT2D eigenvalue weighted by Gasteiger charge is -2.27. The van der Waals surface area contributed by atoms with E-state index in [0.717, 1.165) is 25.9 Å². The lowest BCUT2D eigenvalue weighted by Crippen LogP contribution is -2.35. The number of carbonyl (C=O) groups is 1. The van der Waals surface area contributed by atoms with Crippen LogP contribution in [-0.2, 0) is 0 Å². The number of amides is 1. The van der Waals surface area contributed by atoms with E-state index < -0.39 is 0 Å². The van der Waals surface area contributed by atoms with Crippen LogP contribution >= 0.6 is 15.9 Å². The Morgan fingerprint density at radius 3 is 2.19 bits per heavy atom. The highest BCUT2D eigenvalue weighted by Crippen LogP contribution is 2.45. The van der Waals surface area contributed by atoms with Crippen LogP contribution in [0.2, 0.25) is 0 Å². The molecule has 1 aromatic rings. The number of rotatable bonds is 4. The summed E-state index contributed by atoms with van der Waals surface area (Å²) in [6.45, 7) is 1.59. The molecule has 1 heterocycles. The Morgan fingerprint density at radius 1 is 1.05 bits per heavy atom. The van der Waals surface area contributed by atoms with E-state index in [4.69, 9.17) is 14.2 Å². The van der Waals surface area contributed by atoms with Crippen LogP contribution in [0, 0.1) is 0 Å². The Labute approximate surface area is 133 Å². The van der Waals surface area contributed by atoms with Crippen LogP contribution in [0.4, 0.5) is 0 Å². The molecule has 0 aromatic heterocycles. The lowest BCUT2D eigenvalue weighted by molar-refractivity contribution is 0.0722. The molecule has 5 nitrogen and oxygen atoms in total. The lowest BCUT2D eigenvalue weighted by atomic mass is 10.1. The van der Waals surface area contributed by atoms with Crippen LogP contribution in [0.15, 0.2) is 10.5 Å². The second-order valence-corrected chi connectivity index (χ2v) is 5.65. The highest BCUT2D eigenvalue weighted by Gasteiger charge is 2.26. The summed E-state index contributed by atoms with van der Waals surface area (Å²) in [4.78, 5) is 14.6. The molecule has 2 rings (SSSR count). The number of ether oxygens (including phenoxy) is 3. The van der Waals surface area contributed by atoms with Gasteiger partial charge in [-0.2, -0.15) is 0 Å². The van der Waals surface area contributed by atoms with Gasteiger partial charge in [0.15, 0.2) is 11.5 Å². The minimum Gasteiger partial charge on any atom is -0.493 e. The van der Waals surface area contributed by atoms with Gasteiger partial charge in [-0.25, -0.2) is 0 Å². The second-order valence-electron chi connectivity index (χ2n) is 4.86. The summed E-state index contributed by atoms with van der Waals surface area (Å²) in [6, 6.07) is 1.70. The van der Waals surface area contributed by atoms with Crippen molar-refractivity contribution in [2.75, 3.05) is 34.4 Å². The van der Waals surface area contributed by atoms with Crippen molar-refractivity contribution in [2.45, 2.75) is 19.3 Å². The molecule has 0 aliphatic carbocycles. The Hall–Kier alpha value is -1.43. The van der Waals surface area contributed by atoms with Gasteiger partial charge in [-0.15, -0.1) is 0 Å². The van der Waals surface area contributed by atoms with E-state index in [-0.39, 0.29) is 5.91 Å². The van der Waals surface area contributed by atoms with E-state index in [0.29, 0.717) is 27.3 Å². The minimum absolute atomic E-state index is 0.0131. The summed E-state index contributed by atoms with van der Waals surface area (Å²) in [5, 5.41) is 0. The molecule has 1 amide bonds. The monoisotopic (exact) mass is 357 g/mol. The van der Waals surface area contributed by atoms with Crippen LogP contribution < -0.4 is 14.2 Å². The van der Waals surface area contributed by atoms with Gasteiger partial charge in [-0.05, 0) is 41.3 Å². The van der Waals surface area contributed by atoms with Gasteiger partial charge in [0.05, 0.1) is 31.4 Å². The van der Waals surface area contributed by atoms with Crippen molar-refractivity contribution < 1.29 is 19.0 Å². The fraction of sp³-hybridized carbons (Fsp3) is 0.533. The number of carbonyl (C=O) groups excluding carboxylic acids is 1. The van der Waals surface area contributed by atoms with Gasteiger partial charge >= 0.3 is 0 Å². The first-order valence-electron chi connectivity index (χ1n) is 6.91. The summed E-state index contributed by atoms with van der Waals surface area (Å²) < 4.78 is 16.6. The molecule has 0 N–H and O–H groups in total. The SMILES string of the molecule is COc1cc(C(=O)N2CCCCC2)c(Br)c(OC)c1OC. The Bertz CT molecular complexity index is 527. The van der Waals surface area contributed by atoms with Crippen molar-refractivity contribution in [2.24, 2.45) is 0 Å². The van der Waals surface area contributed by atoms with Crippen LogP contribution in [-0.4, -0.2) is 45.2 Å². The molecule has 1 aliphatic heterocycles. The molecule has 1 fully saturated rings. The van der Waals surface area contributed by atoms with E-state index in [9.17, 15) is 4.79 Å². The predicted molar refractivity (Wildman–Crippen MR) is 83.6 cm³/mol. The average molecular weight is 358 g/mol. The molecule has 0 bridgehead atoms. The van der Waals surface area contributed by atoms with Crippen LogP contribution in [0.5, 0.6) is 17.2 Å². The van der Waals surface area contributed by atoms with E-state index in [2.05, 4.69) is 15.9 Å². The number of nitrogens with zero attached hydrogens (tertiary/aromatic N) is 1. The molecule has 116 valence electrons. The molecular weight excluding hydrogens is 338 g/mol. The maximum absolute atomic E-state index is 12.7. The van der Waals surface area contributed by atoms with Gasteiger partial charge in [0.1, 0.15) is 0 Å². The molecule has 0 radical (unpaired) electrons. The second kappa shape index (κ2) is 7.02. The molecule has 0 saturated carbocycles. The third kappa shape index (κ3) is 3.10. The van der Waals surface area contributed by atoms with Crippen LogP contribution in [0.3, 0.4) is 0 Å². The summed E-state index contributed by atoms with van der Waals surface area (Å²) in [7, 11) is 4.62. The normalized spacial score (nSPS) is 14.8. The number of benzene rings is 1. The highest BCUT2D eigenvalue weighted by molar-refractivity contribution is 9.10. The predicted octanol–water partition coefficient (Wildman–Crippen LogP) is 3.10. The molecular formula is C15H20BrNO4. The maximum atomic E-state index is 12.7. The van der Waals surface area contributed by atoms with Crippen molar-refractivity contribution in [1.82, 2.24) is 4.90 Å². The van der Waals surface area contributed by atoms with Crippen molar-refractivity contribution in [3.8, 4) is 17.2 Å². The largest absolute Gasteiger partial charge is 0.493 e. The standard InChI is InChI=1S/C15H20BrNO4/c1-19-11-9-10(12(16)14(21-3)13(11)20-2)15(18)17-7-5-4-6-8-17/h9H,4-8H2,1-3H3. The topological polar surface area (TPSA) is 48.0 Å². The third-order valence-corrected chi connectivity index (χ3v) is 4.43. The fourth-order valence-corrected chi connectivity index (χ4v) is 3.17. The van der Waals surface area contributed by atoms with E-state index in [1.54, 1.807) is 20.3 Å². The quantitative estimate of drug-likeness (QED) is 0.830. The van der Waals surface area contributed by atoms with E-state index in [1.165, 1.54) is 13.5 Å². The molecule has 21 heavy (non-hydrogen) atoms. The first-order chi connectivity index (χ1) is 10.1. The summed E-state index contributed by atoms with van der Waals surface area (Å²) >= 11 is 3.46. The van der Waals surface area contributed by atoms with Gasteiger partial charge in [0, 0.05) is 13.1 Å². The maximum Gasteiger partial charge on any atom is 0.255 e. The van der Waals surface area contributed by atoms with Crippen molar-refractivity contribution in [1.29, 1.82) is 0 Å². The average Bonchev–Trinajstić information content (AvgIpc) is 2.54. The fourth-order valence-electron chi connectivity index (χ4n) is 2.54. The molecule has 1 saturated heterocycles. The van der Waals surface area contributed by atoms with Gasteiger partial charge < -0.3 is 19.1 Å². The number of piperidine rings is 1. The highest BCUT2D eigenvalue weighted by atomic mass is 79.9. The number of hydrogen-bond donors (Lipinski definition) is 0. The van der Waals surface area contributed by atoms with E-state index in [1.807, 2.05) is 4.90 Å².